The van der Waals surface area contributed by atoms with Crippen LogP contribution in [0.4, 0.5) is 10.2 Å². The summed E-state index contributed by atoms with van der Waals surface area (Å²) in [6, 6.07) is 4.75. The molecule has 1 aliphatic rings. The first-order valence-corrected chi connectivity index (χ1v) is 8.83. The highest BCUT2D eigenvalue weighted by atomic mass is 19.1. The maximum atomic E-state index is 13.5. The highest BCUT2D eigenvalue weighted by molar-refractivity contribution is 5.90. The van der Waals surface area contributed by atoms with Gasteiger partial charge in [0.1, 0.15) is 17.4 Å². The quantitative estimate of drug-likeness (QED) is 0.379. The molecule has 0 aliphatic carbocycles. The predicted molar refractivity (Wildman–Crippen MR) is 101 cm³/mol. The molecule has 0 bridgehead atoms. The van der Waals surface area contributed by atoms with Crippen molar-refractivity contribution in [1.82, 2.24) is 20.3 Å². The average Bonchev–Trinajstić information content (AvgIpc) is 3.14. The van der Waals surface area contributed by atoms with E-state index < -0.39 is 5.91 Å². The van der Waals surface area contributed by atoms with Crippen LogP contribution in [0.25, 0.3) is 6.08 Å². The minimum Gasteiger partial charge on any atom is -0.496 e. The van der Waals surface area contributed by atoms with E-state index >= 15 is 0 Å². The van der Waals surface area contributed by atoms with Crippen LogP contribution >= 0.6 is 0 Å². The van der Waals surface area contributed by atoms with Gasteiger partial charge in [-0.15, -0.1) is 0 Å². The normalized spacial score (nSPS) is 17.0. The third-order valence-electron chi connectivity index (χ3n) is 4.45. The minimum absolute atomic E-state index is 0.204. The van der Waals surface area contributed by atoms with Crippen LogP contribution in [0.1, 0.15) is 17.7 Å². The smallest absolute Gasteiger partial charge is 0.267 e. The summed E-state index contributed by atoms with van der Waals surface area (Å²) in [5.74, 6) is 0.414. The molecule has 1 aliphatic heterocycles. The monoisotopic (exact) mass is 387 g/mol. The van der Waals surface area contributed by atoms with Gasteiger partial charge in [-0.05, 0) is 30.7 Å². The van der Waals surface area contributed by atoms with Gasteiger partial charge < -0.3 is 10.1 Å². The lowest BCUT2D eigenvalue weighted by molar-refractivity contribution is -0.124. The van der Waals surface area contributed by atoms with E-state index in [1.165, 1.54) is 29.9 Å². The Balaban J connectivity index is 1.54. The van der Waals surface area contributed by atoms with Gasteiger partial charge >= 0.3 is 0 Å². The fourth-order valence-corrected chi connectivity index (χ4v) is 3.11. The molecular formula is C19H22FN5O3. The standard InChI is InChI=1S/C19H22FN5O3/c1-28-17-4-2-14(20)8-13(17)11-25-7-6-16(12-25)23-18-10-21-15(9-22-18)3-5-19(26)24-27/h2-5,8-10,16,27H,6-7,11-12H2,1H3,(H,22,23)(H,24,26)/t16-/m1/s1. The van der Waals surface area contributed by atoms with Crippen molar-refractivity contribution < 1.29 is 19.1 Å². The Labute approximate surface area is 162 Å². The number of methoxy groups -OCH3 is 1. The second kappa shape index (κ2) is 9.25. The third kappa shape index (κ3) is 5.24. The Hall–Kier alpha value is -3.04. The van der Waals surface area contributed by atoms with E-state index in [2.05, 4.69) is 20.2 Å². The molecular weight excluding hydrogens is 365 g/mol. The number of amides is 1. The first-order chi connectivity index (χ1) is 13.6. The molecule has 3 N–H and O–H groups in total. The third-order valence-corrected chi connectivity index (χ3v) is 4.45. The average molecular weight is 387 g/mol. The lowest BCUT2D eigenvalue weighted by atomic mass is 10.2. The largest absolute Gasteiger partial charge is 0.496 e. The van der Waals surface area contributed by atoms with E-state index in [1.54, 1.807) is 19.4 Å². The number of carbonyl (C=O) groups is 1. The van der Waals surface area contributed by atoms with E-state index in [4.69, 9.17) is 9.94 Å². The number of benzene rings is 1. The van der Waals surface area contributed by atoms with Crippen LogP contribution in [-0.2, 0) is 11.3 Å². The first-order valence-electron chi connectivity index (χ1n) is 8.83. The number of ether oxygens (including phenoxy) is 1. The molecule has 148 valence electrons. The zero-order valence-electron chi connectivity index (χ0n) is 15.4. The van der Waals surface area contributed by atoms with Crippen molar-refractivity contribution in [3.05, 3.63) is 53.7 Å². The van der Waals surface area contributed by atoms with Crippen LogP contribution in [0.15, 0.2) is 36.7 Å². The SMILES string of the molecule is COc1ccc(F)cc1CN1CC[C@@H](Nc2cnc(C=CC(=O)NO)cn2)C1. The number of carbonyl (C=O) groups excluding carboxylic acids is 1. The van der Waals surface area contributed by atoms with Crippen molar-refractivity contribution in [3.8, 4) is 5.75 Å². The molecule has 0 saturated carbocycles. The maximum Gasteiger partial charge on any atom is 0.267 e. The van der Waals surface area contributed by atoms with Crippen LogP contribution in [0.2, 0.25) is 0 Å². The highest BCUT2D eigenvalue weighted by Gasteiger charge is 2.23. The van der Waals surface area contributed by atoms with Crippen molar-refractivity contribution in [3.63, 3.8) is 0 Å². The van der Waals surface area contributed by atoms with E-state index in [-0.39, 0.29) is 11.9 Å². The summed E-state index contributed by atoms with van der Waals surface area (Å²) >= 11 is 0. The zero-order chi connectivity index (χ0) is 19.9. The zero-order valence-corrected chi connectivity index (χ0v) is 15.4. The van der Waals surface area contributed by atoms with E-state index in [0.29, 0.717) is 23.8 Å². The van der Waals surface area contributed by atoms with Gasteiger partial charge in [0.05, 0.1) is 25.2 Å². The van der Waals surface area contributed by atoms with E-state index in [9.17, 15) is 9.18 Å². The molecule has 0 unspecified atom stereocenters. The molecule has 0 radical (unpaired) electrons. The molecule has 0 spiro atoms. The van der Waals surface area contributed by atoms with Gasteiger partial charge in [0, 0.05) is 37.3 Å². The molecule has 8 nitrogen and oxygen atoms in total. The summed E-state index contributed by atoms with van der Waals surface area (Å²) in [7, 11) is 1.58. The Kier molecular flexibility index (Phi) is 6.51. The number of rotatable bonds is 7. The van der Waals surface area contributed by atoms with Crippen molar-refractivity contribution in [2.75, 3.05) is 25.5 Å². The Morgan fingerprint density at radius 2 is 2.29 bits per heavy atom. The fraction of sp³-hybridized carbons (Fsp3) is 0.316. The maximum absolute atomic E-state index is 13.5. The van der Waals surface area contributed by atoms with Gasteiger partial charge in [-0.1, -0.05) is 0 Å². The number of halogens is 1. The van der Waals surface area contributed by atoms with Crippen molar-refractivity contribution in [2.45, 2.75) is 19.0 Å². The number of hydroxylamine groups is 1. The minimum atomic E-state index is -0.634. The summed E-state index contributed by atoms with van der Waals surface area (Å²) in [4.78, 5) is 21.7. The van der Waals surface area contributed by atoms with Gasteiger partial charge in [-0.3, -0.25) is 19.9 Å². The molecule has 3 rings (SSSR count). The summed E-state index contributed by atoms with van der Waals surface area (Å²) in [5, 5.41) is 11.8. The van der Waals surface area contributed by atoms with Crippen LogP contribution in [0.5, 0.6) is 5.75 Å². The Morgan fingerprint density at radius 3 is 3.00 bits per heavy atom. The number of likely N-dealkylation sites (tertiary alicyclic amines) is 1. The van der Waals surface area contributed by atoms with Gasteiger partial charge in [-0.25, -0.2) is 14.9 Å². The molecule has 1 fully saturated rings. The molecule has 2 aromatic rings. The lowest BCUT2D eigenvalue weighted by Gasteiger charge is -2.18. The summed E-state index contributed by atoms with van der Waals surface area (Å²) in [5.41, 5.74) is 2.83. The summed E-state index contributed by atoms with van der Waals surface area (Å²) < 4.78 is 18.8. The highest BCUT2D eigenvalue weighted by Crippen LogP contribution is 2.23. The topological polar surface area (TPSA) is 99.6 Å². The molecule has 1 saturated heterocycles. The second-order valence-corrected chi connectivity index (χ2v) is 6.46. The van der Waals surface area contributed by atoms with E-state index in [0.717, 1.165) is 31.1 Å². The van der Waals surface area contributed by atoms with Crippen LogP contribution in [0, 0.1) is 5.82 Å². The predicted octanol–water partition coefficient (Wildman–Crippen LogP) is 1.83. The molecule has 1 aromatic carbocycles. The second-order valence-electron chi connectivity index (χ2n) is 6.46. The van der Waals surface area contributed by atoms with Crippen molar-refractivity contribution in [1.29, 1.82) is 0 Å². The molecule has 1 aromatic heterocycles. The van der Waals surface area contributed by atoms with Crippen LogP contribution in [0.3, 0.4) is 0 Å². The molecule has 9 heteroatoms. The van der Waals surface area contributed by atoms with Gasteiger partial charge in [0.2, 0.25) is 0 Å². The molecule has 1 amide bonds. The Bertz CT molecular complexity index is 844. The molecule has 2 heterocycles. The van der Waals surface area contributed by atoms with Crippen molar-refractivity contribution in [2.24, 2.45) is 0 Å². The molecule has 28 heavy (non-hydrogen) atoms. The van der Waals surface area contributed by atoms with Gasteiger partial charge in [0.15, 0.2) is 0 Å². The van der Waals surface area contributed by atoms with Crippen LogP contribution < -0.4 is 15.5 Å². The lowest BCUT2D eigenvalue weighted by Crippen LogP contribution is -2.26. The number of nitrogens with zero attached hydrogens (tertiary/aromatic N) is 3. The fourth-order valence-electron chi connectivity index (χ4n) is 3.11. The van der Waals surface area contributed by atoms with Gasteiger partial charge in [-0.2, -0.15) is 0 Å². The number of hydrogen-bond acceptors (Lipinski definition) is 7. The van der Waals surface area contributed by atoms with E-state index in [1.807, 2.05) is 0 Å². The van der Waals surface area contributed by atoms with Gasteiger partial charge in [0.25, 0.3) is 5.91 Å². The van der Waals surface area contributed by atoms with Crippen molar-refractivity contribution >= 4 is 17.8 Å². The summed E-state index contributed by atoms with van der Waals surface area (Å²) in [6.07, 6.45) is 6.67. The van der Waals surface area contributed by atoms with Crippen LogP contribution in [-0.4, -0.2) is 52.2 Å². The molecule has 1 atom stereocenters. The Morgan fingerprint density at radius 1 is 1.43 bits per heavy atom. The number of anilines is 1. The number of nitrogens with one attached hydrogen (secondary N) is 2. The summed E-state index contributed by atoms with van der Waals surface area (Å²) in [6.45, 7) is 2.28. The number of hydrogen-bond donors (Lipinski definition) is 3. The number of aromatic nitrogens is 2. The first kappa shape index (κ1) is 19.7.